The molecule has 0 atom stereocenters. The summed E-state index contributed by atoms with van der Waals surface area (Å²) in [5.74, 6) is 0.225. The van der Waals surface area contributed by atoms with Crippen LogP contribution in [-0.2, 0) is 9.53 Å². The van der Waals surface area contributed by atoms with E-state index in [4.69, 9.17) is 9.47 Å². The maximum absolute atomic E-state index is 12.4. The van der Waals surface area contributed by atoms with Gasteiger partial charge in [0.25, 0.3) is 0 Å². The number of carbonyl (C=O) groups excluding carboxylic acids is 1. The van der Waals surface area contributed by atoms with Crippen molar-refractivity contribution < 1.29 is 19.4 Å². The predicted molar refractivity (Wildman–Crippen MR) is 100 cm³/mol. The molecule has 6 heteroatoms. The SMILES string of the molecule is COc1cc(C=C(CCO)C(=O)OC(C)(C)C)ccc1-n1cnc(C)c1. The molecule has 0 saturated heterocycles. The number of hydrogen-bond donors (Lipinski definition) is 1. The molecule has 0 aliphatic rings. The van der Waals surface area contributed by atoms with Gasteiger partial charge in [0.1, 0.15) is 11.4 Å². The summed E-state index contributed by atoms with van der Waals surface area (Å²) in [5, 5.41) is 9.27. The van der Waals surface area contributed by atoms with Crippen LogP contribution in [-0.4, -0.2) is 39.9 Å². The zero-order chi connectivity index (χ0) is 19.3. The van der Waals surface area contributed by atoms with Crippen LogP contribution in [0.2, 0.25) is 0 Å². The molecule has 0 amide bonds. The number of carbonyl (C=O) groups is 1. The molecule has 1 N–H and O–H groups in total. The summed E-state index contributed by atoms with van der Waals surface area (Å²) in [6, 6.07) is 5.62. The van der Waals surface area contributed by atoms with Crippen molar-refractivity contribution in [1.29, 1.82) is 0 Å². The zero-order valence-corrected chi connectivity index (χ0v) is 15.9. The molecule has 0 aliphatic carbocycles. The first kappa shape index (κ1) is 19.7. The molecule has 0 fully saturated rings. The molecule has 1 heterocycles. The van der Waals surface area contributed by atoms with Crippen molar-refractivity contribution in [1.82, 2.24) is 9.55 Å². The van der Waals surface area contributed by atoms with Gasteiger partial charge in [-0.3, -0.25) is 0 Å². The van der Waals surface area contributed by atoms with Gasteiger partial charge in [-0.05, 0) is 51.5 Å². The fourth-order valence-electron chi connectivity index (χ4n) is 2.45. The Balaban J connectivity index is 2.36. The third-order valence-electron chi connectivity index (χ3n) is 3.58. The van der Waals surface area contributed by atoms with Crippen molar-refractivity contribution in [2.24, 2.45) is 0 Å². The fraction of sp³-hybridized carbons (Fsp3) is 0.400. The van der Waals surface area contributed by atoms with E-state index >= 15 is 0 Å². The van der Waals surface area contributed by atoms with E-state index in [-0.39, 0.29) is 13.0 Å². The Morgan fingerprint density at radius 2 is 2.08 bits per heavy atom. The molecule has 1 aromatic carbocycles. The van der Waals surface area contributed by atoms with Crippen LogP contribution in [0.3, 0.4) is 0 Å². The number of aromatic nitrogens is 2. The van der Waals surface area contributed by atoms with Crippen LogP contribution in [0.5, 0.6) is 5.75 Å². The van der Waals surface area contributed by atoms with E-state index in [1.165, 1.54) is 0 Å². The van der Waals surface area contributed by atoms with Crippen LogP contribution in [0.1, 0.15) is 38.4 Å². The van der Waals surface area contributed by atoms with Gasteiger partial charge in [0.2, 0.25) is 0 Å². The molecule has 0 radical (unpaired) electrons. The van der Waals surface area contributed by atoms with Crippen LogP contribution in [0.25, 0.3) is 11.8 Å². The summed E-state index contributed by atoms with van der Waals surface area (Å²) >= 11 is 0. The number of imidazole rings is 1. The number of aliphatic hydroxyl groups is 1. The molecule has 140 valence electrons. The number of aliphatic hydroxyl groups excluding tert-OH is 1. The van der Waals surface area contributed by atoms with E-state index in [1.807, 2.05) is 56.7 Å². The topological polar surface area (TPSA) is 73.6 Å². The molecule has 0 saturated carbocycles. The molecule has 0 unspecified atom stereocenters. The highest BCUT2D eigenvalue weighted by Gasteiger charge is 2.19. The largest absolute Gasteiger partial charge is 0.495 e. The van der Waals surface area contributed by atoms with Gasteiger partial charge in [0.15, 0.2) is 0 Å². The van der Waals surface area contributed by atoms with E-state index in [0.717, 1.165) is 16.9 Å². The summed E-state index contributed by atoms with van der Waals surface area (Å²) in [4.78, 5) is 16.6. The quantitative estimate of drug-likeness (QED) is 0.633. The molecular weight excluding hydrogens is 332 g/mol. The van der Waals surface area contributed by atoms with Crippen LogP contribution in [0.15, 0.2) is 36.3 Å². The zero-order valence-electron chi connectivity index (χ0n) is 15.9. The van der Waals surface area contributed by atoms with Gasteiger partial charge in [0, 0.05) is 24.8 Å². The molecule has 2 rings (SSSR count). The van der Waals surface area contributed by atoms with Crippen molar-refractivity contribution in [3.8, 4) is 11.4 Å². The summed E-state index contributed by atoms with van der Waals surface area (Å²) in [6.07, 6.45) is 5.57. The lowest BCUT2D eigenvalue weighted by molar-refractivity contribution is -0.150. The normalized spacial score (nSPS) is 12.2. The van der Waals surface area contributed by atoms with Crippen molar-refractivity contribution in [2.75, 3.05) is 13.7 Å². The number of benzene rings is 1. The Kier molecular flexibility index (Phi) is 6.21. The van der Waals surface area contributed by atoms with Crippen LogP contribution in [0.4, 0.5) is 0 Å². The lowest BCUT2D eigenvalue weighted by Crippen LogP contribution is -2.25. The van der Waals surface area contributed by atoms with Crippen LogP contribution < -0.4 is 4.74 Å². The Morgan fingerprint density at radius 3 is 2.62 bits per heavy atom. The Bertz CT molecular complexity index is 800. The highest BCUT2D eigenvalue weighted by atomic mass is 16.6. The van der Waals surface area contributed by atoms with E-state index in [1.54, 1.807) is 19.5 Å². The smallest absolute Gasteiger partial charge is 0.334 e. The van der Waals surface area contributed by atoms with Gasteiger partial charge in [-0.2, -0.15) is 0 Å². The Morgan fingerprint density at radius 1 is 1.35 bits per heavy atom. The van der Waals surface area contributed by atoms with E-state index in [9.17, 15) is 9.90 Å². The van der Waals surface area contributed by atoms with Crippen molar-refractivity contribution in [2.45, 2.75) is 39.7 Å². The van der Waals surface area contributed by atoms with Crippen molar-refractivity contribution in [3.63, 3.8) is 0 Å². The second-order valence-electron chi connectivity index (χ2n) is 7.00. The second kappa shape index (κ2) is 8.19. The number of methoxy groups -OCH3 is 1. The third-order valence-corrected chi connectivity index (χ3v) is 3.58. The van der Waals surface area contributed by atoms with Gasteiger partial charge in [-0.15, -0.1) is 0 Å². The summed E-state index contributed by atoms with van der Waals surface area (Å²) in [6.45, 7) is 7.22. The predicted octanol–water partition coefficient (Wildman–Crippen LogP) is 3.30. The average molecular weight is 358 g/mol. The first-order valence-corrected chi connectivity index (χ1v) is 8.47. The minimum Gasteiger partial charge on any atom is -0.495 e. The Labute approximate surface area is 154 Å². The van der Waals surface area contributed by atoms with Crippen molar-refractivity contribution in [3.05, 3.63) is 47.6 Å². The minimum atomic E-state index is -0.591. The van der Waals surface area contributed by atoms with Gasteiger partial charge in [0.05, 0.1) is 24.8 Å². The van der Waals surface area contributed by atoms with Crippen molar-refractivity contribution >= 4 is 12.0 Å². The Hall–Kier alpha value is -2.60. The highest BCUT2D eigenvalue weighted by molar-refractivity contribution is 5.94. The van der Waals surface area contributed by atoms with Crippen LogP contribution in [0, 0.1) is 6.92 Å². The number of ether oxygens (including phenoxy) is 2. The number of hydrogen-bond acceptors (Lipinski definition) is 5. The summed E-state index contributed by atoms with van der Waals surface area (Å²) < 4.78 is 12.8. The van der Waals surface area contributed by atoms with Gasteiger partial charge in [-0.1, -0.05) is 6.07 Å². The lowest BCUT2D eigenvalue weighted by Gasteiger charge is -2.20. The number of esters is 1. The second-order valence-corrected chi connectivity index (χ2v) is 7.00. The molecule has 0 bridgehead atoms. The lowest BCUT2D eigenvalue weighted by atomic mass is 10.1. The molecule has 26 heavy (non-hydrogen) atoms. The number of nitrogens with zero attached hydrogens (tertiary/aromatic N) is 2. The van der Waals surface area contributed by atoms with Gasteiger partial charge in [-0.25, -0.2) is 9.78 Å². The maximum atomic E-state index is 12.4. The van der Waals surface area contributed by atoms with Gasteiger partial charge >= 0.3 is 5.97 Å². The standard InChI is InChI=1S/C20H26N2O4/c1-14-12-22(13-21-14)17-7-6-15(11-18(17)25-5)10-16(8-9-23)19(24)26-20(2,3)4/h6-7,10-13,23H,8-9H2,1-5H3. The minimum absolute atomic E-state index is 0.130. The average Bonchev–Trinajstić information content (AvgIpc) is 2.99. The first-order chi connectivity index (χ1) is 12.2. The molecule has 2 aromatic rings. The summed E-state index contributed by atoms with van der Waals surface area (Å²) in [5.41, 5.74) is 2.37. The van der Waals surface area contributed by atoms with E-state index < -0.39 is 11.6 Å². The molecule has 0 spiro atoms. The molecular formula is C20H26N2O4. The molecule has 6 nitrogen and oxygen atoms in total. The highest BCUT2D eigenvalue weighted by Crippen LogP contribution is 2.26. The number of aryl methyl sites for hydroxylation is 1. The van der Waals surface area contributed by atoms with E-state index in [0.29, 0.717) is 11.3 Å². The summed E-state index contributed by atoms with van der Waals surface area (Å²) in [7, 11) is 1.60. The number of rotatable bonds is 6. The fourth-order valence-corrected chi connectivity index (χ4v) is 2.45. The monoisotopic (exact) mass is 358 g/mol. The first-order valence-electron chi connectivity index (χ1n) is 8.47. The van der Waals surface area contributed by atoms with Crippen LogP contribution >= 0.6 is 0 Å². The molecule has 1 aromatic heterocycles. The third kappa shape index (κ3) is 5.20. The van der Waals surface area contributed by atoms with Gasteiger partial charge < -0.3 is 19.1 Å². The maximum Gasteiger partial charge on any atom is 0.334 e. The molecule has 0 aliphatic heterocycles. The van der Waals surface area contributed by atoms with E-state index in [2.05, 4.69) is 4.98 Å².